The van der Waals surface area contributed by atoms with Gasteiger partial charge in [-0.25, -0.2) is 0 Å². The molecule has 0 aromatic heterocycles. The SMILES string of the molecule is Cl.NCC(=O)O.[Fe+2]. The van der Waals surface area contributed by atoms with Crippen molar-refractivity contribution in [3.8, 4) is 0 Å². The molecular formula is C2H6ClFeNO2+2. The van der Waals surface area contributed by atoms with Gasteiger partial charge in [0.05, 0.1) is 6.54 Å². The summed E-state index contributed by atoms with van der Waals surface area (Å²) in [6.45, 7) is -0.278. The average Bonchev–Trinajstić information content (AvgIpc) is 1.38. The molecular weight excluding hydrogens is 161 g/mol. The molecule has 0 aromatic rings. The van der Waals surface area contributed by atoms with Crippen molar-refractivity contribution in [3.63, 3.8) is 0 Å². The predicted octanol–water partition coefficient (Wildman–Crippen LogP) is -0.551. The van der Waals surface area contributed by atoms with Gasteiger partial charge < -0.3 is 10.8 Å². The molecule has 0 bridgehead atoms. The fraction of sp³-hybridized carbons (Fsp3) is 0.500. The number of carboxylic acids is 1. The number of carboxylic acid groups (broad SMARTS) is 1. The molecule has 0 rings (SSSR count). The Kier molecular flexibility index (Phi) is 21.3. The summed E-state index contributed by atoms with van der Waals surface area (Å²) in [4.78, 5) is 9.24. The molecule has 3 N–H and O–H groups in total. The van der Waals surface area contributed by atoms with Gasteiger partial charge in [0.25, 0.3) is 0 Å². The first kappa shape index (κ1) is 15.7. The molecule has 0 aliphatic carbocycles. The van der Waals surface area contributed by atoms with E-state index in [1.165, 1.54) is 0 Å². The van der Waals surface area contributed by atoms with Crippen LogP contribution in [0, 0.1) is 0 Å². The fourth-order valence-electron chi connectivity index (χ4n) is 0. The van der Waals surface area contributed by atoms with E-state index in [1.54, 1.807) is 0 Å². The van der Waals surface area contributed by atoms with Crippen molar-refractivity contribution in [2.24, 2.45) is 5.73 Å². The molecule has 3 nitrogen and oxygen atoms in total. The van der Waals surface area contributed by atoms with Gasteiger partial charge in [-0.1, -0.05) is 0 Å². The average molecular weight is 167 g/mol. The van der Waals surface area contributed by atoms with E-state index in [9.17, 15) is 4.79 Å². The third-order valence-corrected chi connectivity index (χ3v) is 0.175. The van der Waals surface area contributed by atoms with Crippen molar-refractivity contribution in [3.05, 3.63) is 0 Å². The minimum Gasteiger partial charge on any atom is -0.480 e. The van der Waals surface area contributed by atoms with Crippen LogP contribution in [0.2, 0.25) is 0 Å². The predicted molar refractivity (Wildman–Crippen MR) is 23.9 cm³/mol. The zero-order chi connectivity index (χ0) is 4.28. The molecule has 0 aliphatic rings. The van der Waals surface area contributed by atoms with Crippen molar-refractivity contribution in [1.82, 2.24) is 0 Å². The summed E-state index contributed by atoms with van der Waals surface area (Å²) in [7, 11) is 0. The second kappa shape index (κ2) is 9.53. The largest absolute Gasteiger partial charge is 2.00 e. The summed E-state index contributed by atoms with van der Waals surface area (Å²) >= 11 is 0. The maximum absolute atomic E-state index is 9.24. The number of halogens is 1. The van der Waals surface area contributed by atoms with Gasteiger partial charge in [0, 0.05) is 0 Å². The quantitative estimate of drug-likeness (QED) is 0.515. The van der Waals surface area contributed by atoms with Gasteiger partial charge in [-0.3, -0.25) is 4.79 Å². The van der Waals surface area contributed by atoms with Gasteiger partial charge >= 0.3 is 23.0 Å². The Hall–Kier alpha value is 0.239. The van der Waals surface area contributed by atoms with Gasteiger partial charge in [-0.2, -0.15) is 0 Å². The first-order chi connectivity index (χ1) is 2.27. The van der Waals surface area contributed by atoms with E-state index in [2.05, 4.69) is 5.73 Å². The van der Waals surface area contributed by atoms with Crippen LogP contribution in [0.1, 0.15) is 0 Å². The topological polar surface area (TPSA) is 63.3 Å². The number of hydrogen-bond donors (Lipinski definition) is 2. The van der Waals surface area contributed by atoms with E-state index in [0.29, 0.717) is 0 Å². The van der Waals surface area contributed by atoms with E-state index in [1.807, 2.05) is 0 Å². The Morgan fingerprint density at radius 3 is 1.86 bits per heavy atom. The number of rotatable bonds is 1. The van der Waals surface area contributed by atoms with Crippen LogP contribution in [0.25, 0.3) is 0 Å². The molecule has 0 heterocycles. The van der Waals surface area contributed by atoms with Crippen molar-refractivity contribution < 1.29 is 27.0 Å². The second-order valence-electron chi connectivity index (χ2n) is 0.598. The number of aliphatic carboxylic acids is 1. The molecule has 0 saturated heterocycles. The van der Waals surface area contributed by atoms with Crippen LogP contribution in [0.4, 0.5) is 0 Å². The first-order valence-corrected chi connectivity index (χ1v) is 1.19. The van der Waals surface area contributed by atoms with Crippen LogP contribution in [0.3, 0.4) is 0 Å². The Morgan fingerprint density at radius 1 is 1.71 bits per heavy atom. The zero-order valence-corrected chi connectivity index (χ0v) is 5.32. The smallest absolute Gasteiger partial charge is 0.480 e. The first-order valence-electron chi connectivity index (χ1n) is 1.19. The zero-order valence-electron chi connectivity index (χ0n) is 3.40. The summed E-state index contributed by atoms with van der Waals surface area (Å²) in [5.41, 5.74) is 4.57. The minimum absolute atomic E-state index is 0. The molecule has 0 fully saturated rings. The van der Waals surface area contributed by atoms with Crippen LogP contribution in [0.5, 0.6) is 0 Å². The van der Waals surface area contributed by atoms with E-state index < -0.39 is 5.97 Å². The summed E-state index contributed by atoms with van der Waals surface area (Å²) in [5, 5.41) is 7.60. The maximum atomic E-state index is 9.24. The van der Waals surface area contributed by atoms with Crippen molar-refractivity contribution in [2.45, 2.75) is 0 Å². The molecule has 0 aliphatic heterocycles. The second-order valence-corrected chi connectivity index (χ2v) is 0.598. The third-order valence-electron chi connectivity index (χ3n) is 0.175. The van der Waals surface area contributed by atoms with Crippen LogP contribution >= 0.6 is 12.4 Å². The molecule has 0 saturated carbocycles. The number of carbonyl (C=O) groups is 1. The van der Waals surface area contributed by atoms with Gasteiger partial charge in [0.2, 0.25) is 0 Å². The molecule has 5 heteroatoms. The molecule has 0 atom stereocenters. The molecule has 44 valence electrons. The Balaban J connectivity index is -0.0000000800. The van der Waals surface area contributed by atoms with E-state index in [4.69, 9.17) is 5.11 Å². The Bertz CT molecular complexity index is 51.0. The Labute approximate surface area is 58.1 Å². The monoisotopic (exact) mass is 167 g/mol. The molecule has 0 unspecified atom stereocenters. The number of hydrogen-bond acceptors (Lipinski definition) is 2. The Morgan fingerprint density at radius 2 is 1.86 bits per heavy atom. The van der Waals surface area contributed by atoms with Crippen LogP contribution in [-0.4, -0.2) is 17.6 Å². The minimum atomic E-state index is -0.968. The fourth-order valence-corrected chi connectivity index (χ4v) is 0. The summed E-state index contributed by atoms with van der Waals surface area (Å²) in [5.74, 6) is -0.968. The molecule has 0 aromatic carbocycles. The standard InChI is InChI=1S/C2H5NO2.ClH.Fe/c3-1-2(4)5;;/h1,3H2,(H,4,5);1H;/q;;+2. The molecule has 0 spiro atoms. The van der Waals surface area contributed by atoms with Gasteiger partial charge in [0.15, 0.2) is 0 Å². The van der Waals surface area contributed by atoms with Crippen molar-refractivity contribution in [1.29, 1.82) is 0 Å². The molecule has 7 heavy (non-hydrogen) atoms. The van der Waals surface area contributed by atoms with E-state index in [-0.39, 0.29) is 36.0 Å². The van der Waals surface area contributed by atoms with Crippen LogP contribution in [0.15, 0.2) is 0 Å². The van der Waals surface area contributed by atoms with E-state index >= 15 is 0 Å². The maximum Gasteiger partial charge on any atom is 2.00 e. The van der Waals surface area contributed by atoms with Crippen LogP contribution in [-0.2, 0) is 21.9 Å². The summed E-state index contributed by atoms with van der Waals surface area (Å²) in [6, 6.07) is 0. The van der Waals surface area contributed by atoms with Crippen molar-refractivity contribution >= 4 is 18.4 Å². The molecule has 0 radical (unpaired) electrons. The molecule has 0 amide bonds. The van der Waals surface area contributed by atoms with Gasteiger partial charge in [0.1, 0.15) is 0 Å². The summed E-state index contributed by atoms with van der Waals surface area (Å²) < 4.78 is 0. The third kappa shape index (κ3) is 22.4. The van der Waals surface area contributed by atoms with Gasteiger partial charge in [-0.05, 0) is 0 Å². The van der Waals surface area contributed by atoms with E-state index in [0.717, 1.165) is 0 Å². The van der Waals surface area contributed by atoms with Crippen LogP contribution < -0.4 is 5.73 Å². The van der Waals surface area contributed by atoms with Crippen molar-refractivity contribution in [2.75, 3.05) is 6.54 Å². The van der Waals surface area contributed by atoms with Gasteiger partial charge in [-0.15, -0.1) is 12.4 Å². The summed E-state index contributed by atoms with van der Waals surface area (Å²) in [6.07, 6.45) is 0. The number of nitrogens with two attached hydrogens (primary N) is 1. The normalized spacial score (nSPS) is 5.29.